The van der Waals surface area contributed by atoms with Gasteiger partial charge in [0.25, 0.3) is 0 Å². The molecule has 0 bridgehead atoms. The average Bonchev–Trinajstić information content (AvgIpc) is 2.30. The molecule has 17 heavy (non-hydrogen) atoms. The number of aldehydes is 1. The number of hydrogen-bond donors (Lipinski definition) is 0. The van der Waals surface area contributed by atoms with Crippen LogP contribution in [-0.2, 0) is 4.79 Å². The van der Waals surface area contributed by atoms with Crippen LogP contribution in [0.2, 0.25) is 0 Å². The first kappa shape index (κ1) is 13.6. The first-order valence-electron chi connectivity index (χ1n) is 5.18. The molecule has 1 rings (SSSR count). The van der Waals surface area contributed by atoms with Crippen LogP contribution in [0, 0.1) is 5.82 Å². The topological polar surface area (TPSA) is 34.1 Å². The molecule has 0 N–H and O–H groups in total. The lowest BCUT2D eigenvalue weighted by Crippen LogP contribution is -1.87. The second kappa shape index (κ2) is 7.01. The Morgan fingerprint density at radius 1 is 1.47 bits per heavy atom. The summed E-state index contributed by atoms with van der Waals surface area (Å²) < 4.78 is 13.3. The zero-order valence-electron chi connectivity index (χ0n) is 9.48. The van der Waals surface area contributed by atoms with Gasteiger partial charge in [-0.1, -0.05) is 23.9 Å². The SMILES string of the molecule is CC(=O)SCCC=Cc1cc(C=O)ccc1F. The summed E-state index contributed by atoms with van der Waals surface area (Å²) in [6, 6.07) is 4.20. The Balaban J connectivity index is 2.58. The molecule has 0 aliphatic carbocycles. The van der Waals surface area contributed by atoms with Gasteiger partial charge in [0.1, 0.15) is 12.1 Å². The van der Waals surface area contributed by atoms with Crippen molar-refractivity contribution in [1.29, 1.82) is 0 Å². The maximum Gasteiger partial charge on any atom is 0.185 e. The second-order valence-corrected chi connectivity index (χ2v) is 4.70. The lowest BCUT2D eigenvalue weighted by Gasteiger charge is -1.98. The summed E-state index contributed by atoms with van der Waals surface area (Å²) in [4.78, 5) is 21.2. The molecule has 0 saturated carbocycles. The number of hydrogen-bond acceptors (Lipinski definition) is 3. The standard InChI is InChI=1S/C13H13FO2S/c1-10(16)17-7-3-2-4-12-8-11(9-15)5-6-13(12)14/h2,4-6,8-9H,3,7H2,1H3. The summed E-state index contributed by atoms with van der Waals surface area (Å²) >= 11 is 1.24. The van der Waals surface area contributed by atoms with E-state index in [1.807, 2.05) is 0 Å². The maximum atomic E-state index is 13.3. The summed E-state index contributed by atoms with van der Waals surface area (Å²) in [5.74, 6) is 0.326. The van der Waals surface area contributed by atoms with E-state index in [4.69, 9.17) is 0 Å². The minimum atomic E-state index is -0.355. The molecule has 0 aliphatic rings. The van der Waals surface area contributed by atoms with Crippen molar-refractivity contribution in [1.82, 2.24) is 0 Å². The molecule has 0 fully saturated rings. The van der Waals surface area contributed by atoms with Crippen molar-refractivity contribution >= 4 is 29.2 Å². The number of carbonyl (C=O) groups is 2. The number of allylic oxidation sites excluding steroid dienone is 1. The van der Waals surface area contributed by atoms with Crippen LogP contribution < -0.4 is 0 Å². The highest BCUT2D eigenvalue weighted by atomic mass is 32.2. The number of carbonyl (C=O) groups excluding carboxylic acids is 2. The van der Waals surface area contributed by atoms with Gasteiger partial charge in [0.15, 0.2) is 5.12 Å². The summed E-state index contributed by atoms with van der Waals surface area (Å²) in [6.45, 7) is 1.52. The predicted octanol–water partition coefficient (Wildman–Crippen LogP) is 3.32. The van der Waals surface area contributed by atoms with Crippen molar-refractivity contribution in [3.63, 3.8) is 0 Å². The van der Waals surface area contributed by atoms with Gasteiger partial charge in [0.05, 0.1) is 0 Å². The molecule has 2 nitrogen and oxygen atoms in total. The van der Waals surface area contributed by atoms with Crippen LogP contribution in [-0.4, -0.2) is 17.2 Å². The fourth-order valence-corrected chi connectivity index (χ4v) is 1.79. The normalized spacial score (nSPS) is 10.7. The smallest absolute Gasteiger partial charge is 0.185 e. The number of halogens is 1. The quantitative estimate of drug-likeness (QED) is 0.595. The van der Waals surface area contributed by atoms with Gasteiger partial charge in [-0.2, -0.15) is 0 Å². The van der Waals surface area contributed by atoms with Gasteiger partial charge in [0, 0.05) is 23.8 Å². The molecule has 0 radical (unpaired) electrons. The van der Waals surface area contributed by atoms with Crippen LogP contribution in [0.1, 0.15) is 29.3 Å². The molecule has 0 aliphatic heterocycles. The fourth-order valence-electron chi connectivity index (χ4n) is 1.24. The Morgan fingerprint density at radius 3 is 2.88 bits per heavy atom. The van der Waals surface area contributed by atoms with E-state index in [2.05, 4.69) is 0 Å². The van der Waals surface area contributed by atoms with E-state index in [0.29, 0.717) is 29.6 Å². The Labute approximate surface area is 104 Å². The van der Waals surface area contributed by atoms with Crippen molar-refractivity contribution in [3.05, 3.63) is 41.2 Å². The minimum absolute atomic E-state index is 0.0764. The summed E-state index contributed by atoms with van der Waals surface area (Å²) in [5, 5.41) is 0.0764. The monoisotopic (exact) mass is 252 g/mol. The Bertz CT molecular complexity index is 441. The predicted molar refractivity (Wildman–Crippen MR) is 68.6 cm³/mol. The zero-order valence-corrected chi connectivity index (χ0v) is 10.3. The Kier molecular flexibility index (Phi) is 5.63. The zero-order chi connectivity index (χ0) is 12.7. The Hall–Kier alpha value is -1.42. The average molecular weight is 252 g/mol. The number of benzene rings is 1. The van der Waals surface area contributed by atoms with Gasteiger partial charge >= 0.3 is 0 Å². The highest BCUT2D eigenvalue weighted by molar-refractivity contribution is 8.13. The van der Waals surface area contributed by atoms with Gasteiger partial charge in [-0.05, 0) is 24.6 Å². The fraction of sp³-hybridized carbons (Fsp3) is 0.231. The van der Waals surface area contributed by atoms with Gasteiger partial charge in [-0.25, -0.2) is 4.39 Å². The molecule has 1 aromatic rings. The molecule has 0 heterocycles. The third-order valence-corrected chi connectivity index (χ3v) is 2.89. The molecular formula is C13H13FO2S. The van der Waals surface area contributed by atoms with Gasteiger partial charge < -0.3 is 0 Å². The van der Waals surface area contributed by atoms with E-state index in [9.17, 15) is 14.0 Å². The van der Waals surface area contributed by atoms with E-state index < -0.39 is 0 Å². The van der Waals surface area contributed by atoms with Crippen molar-refractivity contribution in [2.24, 2.45) is 0 Å². The molecule has 0 aromatic heterocycles. The molecule has 0 amide bonds. The molecule has 0 unspecified atom stereocenters. The number of rotatable bonds is 5. The van der Waals surface area contributed by atoms with Gasteiger partial charge in [0.2, 0.25) is 0 Å². The summed E-state index contributed by atoms with van der Waals surface area (Å²) in [7, 11) is 0. The maximum absolute atomic E-state index is 13.3. The molecule has 0 atom stereocenters. The first-order valence-corrected chi connectivity index (χ1v) is 6.16. The van der Waals surface area contributed by atoms with E-state index in [1.54, 1.807) is 12.2 Å². The van der Waals surface area contributed by atoms with Crippen LogP contribution in [0.3, 0.4) is 0 Å². The molecule has 4 heteroatoms. The van der Waals surface area contributed by atoms with E-state index in [0.717, 1.165) is 0 Å². The number of thioether (sulfide) groups is 1. The van der Waals surface area contributed by atoms with Crippen LogP contribution >= 0.6 is 11.8 Å². The highest BCUT2D eigenvalue weighted by Crippen LogP contribution is 2.12. The third-order valence-electron chi connectivity index (χ3n) is 2.04. The third kappa shape index (κ3) is 4.95. The van der Waals surface area contributed by atoms with E-state index >= 15 is 0 Å². The largest absolute Gasteiger partial charge is 0.298 e. The van der Waals surface area contributed by atoms with E-state index in [1.165, 1.54) is 36.9 Å². The summed E-state index contributed by atoms with van der Waals surface area (Å²) in [5.41, 5.74) is 0.839. The van der Waals surface area contributed by atoms with Crippen LogP contribution in [0.4, 0.5) is 4.39 Å². The second-order valence-electron chi connectivity index (χ2n) is 3.43. The molecule has 1 aromatic carbocycles. The van der Waals surface area contributed by atoms with Crippen molar-refractivity contribution in [2.75, 3.05) is 5.75 Å². The molecule has 90 valence electrons. The van der Waals surface area contributed by atoms with Crippen molar-refractivity contribution in [3.8, 4) is 0 Å². The Morgan fingerprint density at radius 2 is 2.24 bits per heavy atom. The van der Waals surface area contributed by atoms with Crippen molar-refractivity contribution in [2.45, 2.75) is 13.3 Å². The molecule has 0 spiro atoms. The minimum Gasteiger partial charge on any atom is -0.298 e. The van der Waals surface area contributed by atoms with Crippen molar-refractivity contribution < 1.29 is 14.0 Å². The van der Waals surface area contributed by atoms with Gasteiger partial charge in [-0.3, -0.25) is 9.59 Å². The lowest BCUT2D eigenvalue weighted by atomic mass is 10.1. The van der Waals surface area contributed by atoms with Crippen LogP contribution in [0.5, 0.6) is 0 Å². The van der Waals surface area contributed by atoms with E-state index in [-0.39, 0.29) is 10.9 Å². The molecular weight excluding hydrogens is 239 g/mol. The van der Waals surface area contributed by atoms with Crippen LogP contribution in [0.15, 0.2) is 24.3 Å². The molecule has 0 saturated heterocycles. The summed E-state index contributed by atoms with van der Waals surface area (Å²) in [6.07, 6.45) is 4.79. The van der Waals surface area contributed by atoms with Gasteiger partial charge in [-0.15, -0.1) is 0 Å². The highest BCUT2D eigenvalue weighted by Gasteiger charge is 1.99. The first-order chi connectivity index (χ1) is 8.13. The van der Waals surface area contributed by atoms with Crippen LogP contribution in [0.25, 0.3) is 6.08 Å². The lowest BCUT2D eigenvalue weighted by molar-refractivity contribution is -0.109.